The largest absolute Gasteiger partial charge is 0.492 e. The maximum Gasteiger partial charge on any atom is 0.491 e. The molecule has 0 saturated carbocycles. The Morgan fingerprint density at radius 3 is 2.77 bits per heavy atom. The summed E-state index contributed by atoms with van der Waals surface area (Å²) in [6, 6.07) is 20.1. The van der Waals surface area contributed by atoms with Gasteiger partial charge in [0.1, 0.15) is 5.75 Å². The zero-order valence-electron chi connectivity index (χ0n) is 19.9. The minimum absolute atomic E-state index is 0.0108. The second-order valence-electron chi connectivity index (χ2n) is 9.84. The number of benzene rings is 3. The molecule has 3 aromatic rings. The van der Waals surface area contributed by atoms with Crippen molar-refractivity contribution in [3.8, 4) is 16.9 Å². The van der Waals surface area contributed by atoms with Crippen molar-refractivity contribution in [3.63, 3.8) is 0 Å². The minimum Gasteiger partial charge on any atom is -0.492 e. The van der Waals surface area contributed by atoms with Crippen LogP contribution in [0.25, 0.3) is 11.1 Å². The number of amides is 1. The van der Waals surface area contributed by atoms with Gasteiger partial charge < -0.3 is 24.6 Å². The number of carbonyl (C=O) groups excluding carboxylic acids is 1. The van der Waals surface area contributed by atoms with Gasteiger partial charge >= 0.3 is 7.12 Å². The first-order valence-electron chi connectivity index (χ1n) is 12.3. The number of hydrogen-bond donors (Lipinski definition) is 2. The monoisotopic (exact) mass is 468 g/mol. The van der Waals surface area contributed by atoms with Crippen LogP contribution in [-0.2, 0) is 23.2 Å². The number of rotatable bonds is 4. The molecule has 2 N–H and O–H groups in total. The summed E-state index contributed by atoms with van der Waals surface area (Å²) in [6.45, 7) is 3.32. The van der Waals surface area contributed by atoms with Crippen molar-refractivity contribution in [1.82, 2.24) is 10.2 Å². The van der Waals surface area contributed by atoms with Gasteiger partial charge in [0.05, 0.1) is 13.2 Å². The van der Waals surface area contributed by atoms with Gasteiger partial charge in [-0.15, -0.1) is 0 Å². The minimum atomic E-state index is -0.880. The highest BCUT2D eigenvalue weighted by atomic mass is 16.5. The molecule has 3 aliphatic rings. The highest BCUT2D eigenvalue weighted by Crippen LogP contribution is 2.46. The molecule has 7 heteroatoms. The number of hydrogen-bond acceptors (Lipinski definition) is 5. The lowest BCUT2D eigenvalue weighted by molar-refractivity contribution is 0.0646. The van der Waals surface area contributed by atoms with E-state index < -0.39 is 7.12 Å². The zero-order chi connectivity index (χ0) is 24.0. The molecule has 3 aliphatic heterocycles. The van der Waals surface area contributed by atoms with E-state index in [1.807, 2.05) is 54.4 Å². The summed E-state index contributed by atoms with van der Waals surface area (Å²) in [5.74, 6) is 1.05. The van der Waals surface area contributed by atoms with Gasteiger partial charge in [-0.05, 0) is 65.8 Å². The molecule has 1 fully saturated rings. The van der Waals surface area contributed by atoms with E-state index in [4.69, 9.17) is 9.39 Å². The summed E-state index contributed by atoms with van der Waals surface area (Å²) in [5.41, 5.74) is 6.99. The van der Waals surface area contributed by atoms with E-state index in [1.165, 1.54) is 11.1 Å². The van der Waals surface area contributed by atoms with Crippen LogP contribution in [0.4, 0.5) is 0 Å². The van der Waals surface area contributed by atoms with E-state index in [2.05, 4.69) is 23.5 Å². The second-order valence-corrected chi connectivity index (χ2v) is 9.84. The molecule has 0 unspecified atom stereocenters. The predicted octanol–water partition coefficient (Wildman–Crippen LogP) is 2.86. The average molecular weight is 468 g/mol. The van der Waals surface area contributed by atoms with Crippen molar-refractivity contribution in [1.29, 1.82) is 0 Å². The molecule has 1 spiro atoms. The average Bonchev–Trinajstić information content (AvgIpc) is 3.45. The van der Waals surface area contributed by atoms with Crippen molar-refractivity contribution >= 4 is 18.5 Å². The van der Waals surface area contributed by atoms with E-state index in [0.717, 1.165) is 47.3 Å². The number of piperidine rings is 1. The normalized spacial score (nSPS) is 17.9. The Bertz CT molecular complexity index is 1290. The zero-order valence-corrected chi connectivity index (χ0v) is 19.9. The van der Waals surface area contributed by atoms with Gasteiger partial charge in [0.2, 0.25) is 0 Å². The third-order valence-corrected chi connectivity index (χ3v) is 7.79. The van der Waals surface area contributed by atoms with Crippen LogP contribution in [-0.4, -0.2) is 49.7 Å². The number of ether oxygens (including phenoxy) is 1. The molecule has 0 atom stereocenters. The number of nitrogens with zero attached hydrogens (tertiary/aromatic N) is 1. The van der Waals surface area contributed by atoms with Gasteiger partial charge in [0.15, 0.2) is 0 Å². The molecule has 0 aliphatic carbocycles. The molecule has 1 saturated heterocycles. The van der Waals surface area contributed by atoms with Crippen molar-refractivity contribution in [2.75, 3.05) is 26.7 Å². The topological polar surface area (TPSA) is 71.0 Å². The molecular formula is C28H29BN2O4. The van der Waals surface area contributed by atoms with Crippen LogP contribution in [0.15, 0.2) is 60.7 Å². The molecular weight excluding hydrogens is 439 g/mol. The fourth-order valence-electron chi connectivity index (χ4n) is 5.80. The Morgan fingerprint density at radius 2 is 1.94 bits per heavy atom. The first kappa shape index (κ1) is 22.3. The Balaban J connectivity index is 1.21. The lowest BCUT2D eigenvalue weighted by atomic mass is 9.74. The van der Waals surface area contributed by atoms with Crippen LogP contribution in [0, 0.1) is 0 Å². The second kappa shape index (κ2) is 8.83. The van der Waals surface area contributed by atoms with Crippen molar-refractivity contribution < 1.29 is 19.2 Å². The van der Waals surface area contributed by atoms with Crippen LogP contribution in [0.3, 0.4) is 0 Å². The number of nitrogens with one attached hydrogen (secondary N) is 1. The fraction of sp³-hybridized carbons (Fsp3) is 0.321. The Labute approximate surface area is 206 Å². The van der Waals surface area contributed by atoms with E-state index in [9.17, 15) is 9.82 Å². The van der Waals surface area contributed by atoms with Gasteiger partial charge in [0, 0.05) is 36.2 Å². The smallest absolute Gasteiger partial charge is 0.491 e. The first-order chi connectivity index (χ1) is 17.1. The highest BCUT2D eigenvalue weighted by molar-refractivity contribution is 6.61. The van der Waals surface area contributed by atoms with E-state index >= 15 is 0 Å². The van der Waals surface area contributed by atoms with Crippen LogP contribution >= 0.6 is 0 Å². The Hall–Kier alpha value is -3.13. The first-order valence-corrected chi connectivity index (χ1v) is 12.3. The fourth-order valence-corrected chi connectivity index (χ4v) is 5.80. The molecule has 0 bridgehead atoms. The van der Waals surface area contributed by atoms with E-state index in [0.29, 0.717) is 31.9 Å². The summed E-state index contributed by atoms with van der Waals surface area (Å²) in [7, 11) is 1.08. The summed E-state index contributed by atoms with van der Waals surface area (Å²) in [6.07, 6.45) is 1.80. The SMILES string of the molecule is CNCc1ccc2c(c1)C1(CCN(C(=O)c3cccc(-c4cccc5c4COB5O)c3)CC1)CO2. The van der Waals surface area contributed by atoms with Crippen LogP contribution < -0.4 is 15.5 Å². The summed E-state index contributed by atoms with van der Waals surface area (Å²) in [5, 5.41) is 13.3. The van der Waals surface area contributed by atoms with Gasteiger partial charge in [0.25, 0.3) is 5.91 Å². The number of fused-ring (bicyclic) bond motifs is 3. The molecule has 3 aromatic carbocycles. The maximum absolute atomic E-state index is 13.5. The van der Waals surface area contributed by atoms with Gasteiger partial charge in [-0.25, -0.2) is 0 Å². The third kappa shape index (κ3) is 3.84. The lowest BCUT2D eigenvalue weighted by Crippen LogP contribution is -2.46. The molecule has 3 heterocycles. The quantitative estimate of drug-likeness (QED) is 0.577. The molecule has 1 amide bonds. The number of carbonyl (C=O) groups is 1. The van der Waals surface area contributed by atoms with Gasteiger partial charge in [-0.2, -0.15) is 0 Å². The van der Waals surface area contributed by atoms with Crippen LogP contribution in [0.5, 0.6) is 5.75 Å². The summed E-state index contributed by atoms with van der Waals surface area (Å²) in [4.78, 5) is 15.5. The van der Waals surface area contributed by atoms with E-state index in [1.54, 1.807) is 0 Å². The van der Waals surface area contributed by atoms with Crippen LogP contribution in [0.1, 0.15) is 39.9 Å². The molecule has 6 nitrogen and oxygen atoms in total. The Morgan fingerprint density at radius 1 is 1.11 bits per heavy atom. The van der Waals surface area contributed by atoms with Crippen molar-refractivity contribution in [2.24, 2.45) is 0 Å². The third-order valence-electron chi connectivity index (χ3n) is 7.79. The predicted molar refractivity (Wildman–Crippen MR) is 136 cm³/mol. The Kier molecular flexibility index (Phi) is 5.64. The molecule has 6 rings (SSSR count). The lowest BCUT2D eigenvalue weighted by Gasteiger charge is -2.38. The van der Waals surface area contributed by atoms with Crippen molar-refractivity contribution in [3.05, 3.63) is 82.9 Å². The standard InChI is InChI=1S/C28H29BN2O4/c1-30-16-19-8-9-26-24(14-19)28(18-34-26)10-12-31(13-11-28)27(32)21-5-2-4-20(15-21)22-6-3-7-25-23(22)17-35-29(25)33/h2-9,14-15,30,33H,10-13,16-18H2,1H3. The molecule has 178 valence electrons. The highest BCUT2D eigenvalue weighted by Gasteiger charge is 2.44. The summed E-state index contributed by atoms with van der Waals surface area (Å²) < 4.78 is 11.5. The maximum atomic E-state index is 13.5. The molecule has 0 radical (unpaired) electrons. The summed E-state index contributed by atoms with van der Waals surface area (Å²) >= 11 is 0. The van der Waals surface area contributed by atoms with Crippen LogP contribution in [0.2, 0.25) is 0 Å². The van der Waals surface area contributed by atoms with Gasteiger partial charge in [-0.1, -0.05) is 42.5 Å². The molecule has 0 aromatic heterocycles. The number of likely N-dealkylation sites (tertiary alicyclic amines) is 1. The molecule has 35 heavy (non-hydrogen) atoms. The van der Waals surface area contributed by atoms with Gasteiger partial charge in [-0.3, -0.25) is 4.79 Å². The van der Waals surface area contributed by atoms with E-state index in [-0.39, 0.29) is 11.3 Å². The van der Waals surface area contributed by atoms with Crippen molar-refractivity contribution in [2.45, 2.75) is 31.4 Å².